The maximum absolute atomic E-state index is 13.0. The second kappa shape index (κ2) is 5.23. The fraction of sp³-hybridized carbons (Fsp3) is 0.0833. The Balaban J connectivity index is 2.42. The summed E-state index contributed by atoms with van der Waals surface area (Å²) in [6, 6.07) is 7.58. The lowest BCUT2D eigenvalue weighted by Gasteiger charge is -2.17. The number of nitrogens with zero attached hydrogens (tertiary/aromatic N) is 1. The van der Waals surface area contributed by atoms with Crippen molar-refractivity contribution in [2.24, 2.45) is 5.84 Å². The molecule has 2 aromatic rings. The van der Waals surface area contributed by atoms with Gasteiger partial charge in [0.15, 0.2) is 0 Å². The van der Waals surface area contributed by atoms with Crippen molar-refractivity contribution in [2.75, 3.05) is 0 Å². The molecule has 3 nitrogen and oxygen atoms in total. The Hall–Kier alpha value is -1.49. The van der Waals surface area contributed by atoms with Crippen LogP contribution in [-0.4, -0.2) is 4.98 Å². The molecule has 0 aliphatic heterocycles. The summed E-state index contributed by atoms with van der Waals surface area (Å²) < 4.78 is 13.0. The number of rotatable bonds is 3. The standard InChI is InChI=1S/C12H11ClFN3/c13-11-6-9(14)3-4-10(11)12(17-15)8-2-1-5-16-7-8/h1-7,12,17H,15H2. The highest BCUT2D eigenvalue weighted by molar-refractivity contribution is 6.31. The van der Waals surface area contributed by atoms with Crippen LogP contribution < -0.4 is 11.3 Å². The molecule has 1 unspecified atom stereocenters. The molecule has 1 heterocycles. The molecule has 0 spiro atoms. The molecule has 0 saturated carbocycles. The van der Waals surface area contributed by atoms with Crippen molar-refractivity contribution in [3.8, 4) is 0 Å². The van der Waals surface area contributed by atoms with Gasteiger partial charge in [0.05, 0.1) is 6.04 Å². The van der Waals surface area contributed by atoms with Gasteiger partial charge in [-0.05, 0) is 29.3 Å². The number of nitrogens with one attached hydrogen (secondary N) is 1. The second-order valence-corrected chi connectivity index (χ2v) is 3.96. The molecule has 3 N–H and O–H groups in total. The summed E-state index contributed by atoms with van der Waals surface area (Å²) in [5, 5.41) is 0.330. The minimum absolute atomic E-state index is 0.309. The van der Waals surface area contributed by atoms with Gasteiger partial charge in [-0.2, -0.15) is 0 Å². The van der Waals surface area contributed by atoms with Gasteiger partial charge >= 0.3 is 0 Å². The average Bonchev–Trinajstić information content (AvgIpc) is 2.34. The summed E-state index contributed by atoms with van der Waals surface area (Å²) in [6.45, 7) is 0. The van der Waals surface area contributed by atoms with Gasteiger partial charge in [-0.25, -0.2) is 9.82 Å². The van der Waals surface area contributed by atoms with E-state index in [1.807, 2.05) is 6.07 Å². The average molecular weight is 252 g/mol. The molecule has 0 saturated heterocycles. The number of nitrogens with two attached hydrogens (primary N) is 1. The van der Waals surface area contributed by atoms with E-state index in [0.29, 0.717) is 10.6 Å². The van der Waals surface area contributed by atoms with Crippen LogP contribution >= 0.6 is 11.6 Å². The lowest BCUT2D eigenvalue weighted by Crippen LogP contribution is -2.29. The monoisotopic (exact) mass is 251 g/mol. The molecule has 2 rings (SSSR count). The molecule has 1 aromatic carbocycles. The van der Waals surface area contributed by atoms with Crippen molar-refractivity contribution >= 4 is 11.6 Å². The third-order valence-electron chi connectivity index (χ3n) is 2.46. The first-order valence-corrected chi connectivity index (χ1v) is 5.41. The molecule has 0 radical (unpaired) electrons. The quantitative estimate of drug-likeness (QED) is 0.651. The van der Waals surface area contributed by atoms with Gasteiger partial charge in [0.2, 0.25) is 0 Å². The molecule has 0 aliphatic rings. The zero-order valence-corrected chi connectivity index (χ0v) is 9.66. The van der Waals surface area contributed by atoms with E-state index in [4.69, 9.17) is 17.4 Å². The highest BCUT2D eigenvalue weighted by Gasteiger charge is 2.15. The lowest BCUT2D eigenvalue weighted by atomic mass is 10.0. The minimum atomic E-state index is -0.374. The lowest BCUT2D eigenvalue weighted by molar-refractivity contribution is 0.615. The first-order chi connectivity index (χ1) is 8.22. The Morgan fingerprint density at radius 2 is 2.18 bits per heavy atom. The first kappa shape index (κ1) is 12.0. The Morgan fingerprint density at radius 1 is 1.35 bits per heavy atom. The van der Waals surface area contributed by atoms with Crippen LogP contribution in [0.5, 0.6) is 0 Å². The van der Waals surface area contributed by atoms with Crippen LogP contribution in [0.4, 0.5) is 4.39 Å². The summed E-state index contributed by atoms with van der Waals surface area (Å²) in [6.07, 6.45) is 3.35. The highest BCUT2D eigenvalue weighted by atomic mass is 35.5. The van der Waals surface area contributed by atoms with Gasteiger partial charge < -0.3 is 0 Å². The minimum Gasteiger partial charge on any atom is -0.271 e. The Kier molecular flexibility index (Phi) is 3.68. The zero-order valence-electron chi connectivity index (χ0n) is 8.90. The van der Waals surface area contributed by atoms with E-state index in [1.165, 1.54) is 12.1 Å². The predicted octanol–water partition coefficient (Wildman–Crippen LogP) is 2.43. The number of halogens is 2. The van der Waals surface area contributed by atoms with Crippen molar-refractivity contribution in [1.29, 1.82) is 0 Å². The number of hydrogen-bond donors (Lipinski definition) is 2. The van der Waals surface area contributed by atoms with Gasteiger partial charge in [0, 0.05) is 17.4 Å². The predicted molar refractivity (Wildman–Crippen MR) is 64.8 cm³/mol. The molecule has 88 valence electrons. The van der Waals surface area contributed by atoms with E-state index in [9.17, 15) is 4.39 Å². The smallest absolute Gasteiger partial charge is 0.124 e. The number of benzene rings is 1. The van der Waals surface area contributed by atoms with Gasteiger partial charge in [0.1, 0.15) is 5.82 Å². The Labute approximate surface area is 103 Å². The summed E-state index contributed by atoms with van der Waals surface area (Å²) in [7, 11) is 0. The zero-order chi connectivity index (χ0) is 12.3. The van der Waals surface area contributed by atoms with Crippen LogP contribution in [0.25, 0.3) is 0 Å². The number of hydrogen-bond acceptors (Lipinski definition) is 3. The number of pyridine rings is 1. The number of aromatic nitrogens is 1. The van der Waals surface area contributed by atoms with Crippen molar-refractivity contribution in [1.82, 2.24) is 10.4 Å². The molecule has 1 atom stereocenters. The molecule has 0 aliphatic carbocycles. The van der Waals surface area contributed by atoms with Gasteiger partial charge in [-0.15, -0.1) is 0 Å². The Morgan fingerprint density at radius 3 is 2.76 bits per heavy atom. The third kappa shape index (κ3) is 2.61. The van der Waals surface area contributed by atoms with Gasteiger partial charge in [-0.1, -0.05) is 23.7 Å². The van der Waals surface area contributed by atoms with E-state index in [0.717, 1.165) is 5.56 Å². The molecule has 5 heteroatoms. The molecule has 1 aromatic heterocycles. The van der Waals surface area contributed by atoms with E-state index in [-0.39, 0.29) is 11.9 Å². The van der Waals surface area contributed by atoms with Gasteiger partial charge in [-0.3, -0.25) is 10.8 Å². The summed E-state index contributed by atoms with van der Waals surface area (Å²) in [5.74, 6) is 5.14. The summed E-state index contributed by atoms with van der Waals surface area (Å²) in [5.41, 5.74) is 4.22. The summed E-state index contributed by atoms with van der Waals surface area (Å²) in [4.78, 5) is 4.01. The van der Waals surface area contributed by atoms with Crippen LogP contribution in [0.1, 0.15) is 17.2 Å². The van der Waals surface area contributed by atoms with Crippen molar-refractivity contribution < 1.29 is 4.39 Å². The van der Waals surface area contributed by atoms with Crippen LogP contribution in [0.3, 0.4) is 0 Å². The normalized spacial score (nSPS) is 12.4. The van der Waals surface area contributed by atoms with Crippen molar-refractivity contribution in [3.63, 3.8) is 0 Å². The Bertz CT molecular complexity index is 504. The molecular weight excluding hydrogens is 241 g/mol. The molecule has 17 heavy (non-hydrogen) atoms. The van der Waals surface area contributed by atoms with Crippen LogP contribution in [0.15, 0.2) is 42.7 Å². The van der Waals surface area contributed by atoms with Crippen LogP contribution in [0, 0.1) is 5.82 Å². The SMILES string of the molecule is NNC(c1cccnc1)c1ccc(F)cc1Cl. The first-order valence-electron chi connectivity index (χ1n) is 5.03. The highest BCUT2D eigenvalue weighted by Crippen LogP contribution is 2.27. The fourth-order valence-corrected chi connectivity index (χ4v) is 1.92. The van der Waals surface area contributed by atoms with Crippen molar-refractivity contribution in [3.05, 3.63) is 64.7 Å². The summed E-state index contributed by atoms with van der Waals surface area (Å²) >= 11 is 6.00. The van der Waals surface area contributed by atoms with E-state index < -0.39 is 0 Å². The second-order valence-electron chi connectivity index (χ2n) is 3.55. The largest absolute Gasteiger partial charge is 0.271 e. The topological polar surface area (TPSA) is 50.9 Å². The third-order valence-corrected chi connectivity index (χ3v) is 2.79. The molecule has 0 bridgehead atoms. The fourth-order valence-electron chi connectivity index (χ4n) is 1.65. The maximum Gasteiger partial charge on any atom is 0.124 e. The van der Waals surface area contributed by atoms with E-state index >= 15 is 0 Å². The van der Waals surface area contributed by atoms with Gasteiger partial charge in [0.25, 0.3) is 0 Å². The molecule has 0 fully saturated rings. The maximum atomic E-state index is 13.0. The van der Waals surface area contributed by atoms with Crippen LogP contribution in [-0.2, 0) is 0 Å². The van der Waals surface area contributed by atoms with E-state index in [2.05, 4.69) is 10.4 Å². The van der Waals surface area contributed by atoms with Crippen molar-refractivity contribution in [2.45, 2.75) is 6.04 Å². The molecule has 0 amide bonds. The number of hydrazine groups is 1. The van der Waals surface area contributed by atoms with E-state index in [1.54, 1.807) is 24.5 Å². The van der Waals surface area contributed by atoms with Crippen LogP contribution in [0.2, 0.25) is 5.02 Å². The molecular formula is C12H11ClFN3.